The first kappa shape index (κ1) is 28.9. The van der Waals surface area contributed by atoms with Gasteiger partial charge in [0.05, 0.1) is 0 Å². The van der Waals surface area contributed by atoms with Gasteiger partial charge in [-0.05, 0) is 13.8 Å². The van der Waals surface area contributed by atoms with Crippen molar-refractivity contribution in [2.75, 3.05) is 6.61 Å². The van der Waals surface area contributed by atoms with Crippen molar-refractivity contribution in [1.29, 1.82) is 0 Å². The van der Waals surface area contributed by atoms with E-state index < -0.39 is 58.6 Å². The predicted octanol–water partition coefficient (Wildman–Crippen LogP) is 6.08. The molecule has 0 fully saturated rings. The van der Waals surface area contributed by atoms with E-state index in [-0.39, 0.29) is 0 Å². The molecule has 0 atom stereocenters. The van der Waals surface area contributed by atoms with Gasteiger partial charge in [-0.15, -0.1) is 0 Å². The van der Waals surface area contributed by atoms with Gasteiger partial charge in [0.2, 0.25) is 0 Å². The van der Waals surface area contributed by atoms with Gasteiger partial charge < -0.3 is 4.74 Å². The second-order valence-corrected chi connectivity index (χ2v) is 8.11. The molecule has 0 aliphatic heterocycles. The Kier molecular flexibility index (Phi) is 7.22. The first-order valence-electron chi connectivity index (χ1n) is 6.82. The fourth-order valence-electron chi connectivity index (χ4n) is 1.42. The van der Waals surface area contributed by atoms with E-state index in [1.54, 1.807) is 0 Å². The van der Waals surface area contributed by atoms with Crippen LogP contribution >= 0.6 is 15.9 Å². The van der Waals surface area contributed by atoms with E-state index >= 15 is 0 Å². The molecule has 0 heterocycles. The fraction of sp³-hybridized carbons (Fsp3) is 0.917. The third-order valence-corrected chi connectivity index (χ3v) is 3.59. The van der Waals surface area contributed by atoms with E-state index in [0.29, 0.717) is 0 Å². The molecule has 0 aromatic carbocycles. The average Bonchev–Trinajstić information content (AvgIpc) is 2.49. The maximum Gasteiger partial charge on any atom is 0.460 e. The van der Waals surface area contributed by atoms with Crippen LogP contribution in [0.15, 0.2) is 0 Å². The zero-order chi connectivity index (χ0) is 25.0. The summed E-state index contributed by atoms with van der Waals surface area (Å²) in [7, 11) is 0. The lowest BCUT2D eigenvalue weighted by molar-refractivity contribution is -0.453. The van der Waals surface area contributed by atoms with Gasteiger partial charge in [-0.25, -0.2) is 0 Å². The largest absolute Gasteiger partial charge is 0.460 e. The third kappa shape index (κ3) is 4.28. The minimum atomic E-state index is -8.37. The Morgan fingerprint density at radius 3 is 1.23 bits per heavy atom. The van der Waals surface area contributed by atoms with Gasteiger partial charge in [0.1, 0.15) is 4.32 Å². The first-order chi connectivity index (χ1) is 12.6. The normalized spacial score (nSPS) is 15.9. The molecule has 0 aromatic rings. The predicted molar refractivity (Wildman–Crippen MR) is 69.7 cm³/mol. The van der Waals surface area contributed by atoms with Crippen LogP contribution in [-0.4, -0.2) is 58.6 Å². The van der Waals surface area contributed by atoms with E-state index in [1.807, 2.05) is 0 Å². The number of alkyl halides is 16. The van der Waals surface area contributed by atoms with Crippen molar-refractivity contribution < 1.29 is 75.4 Å². The molecule has 30 heavy (non-hydrogen) atoms. The van der Waals surface area contributed by atoms with E-state index in [1.165, 1.54) is 0 Å². The summed E-state index contributed by atoms with van der Waals surface area (Å²) in [5.41, 5.74) is 0. The Bertz CT molecular complexity index is 647. The summed E-state index contributed by atoms with van der Waals surface area (Å²) in [5.74, 6) is -49.1. The number of esters is 1. The molecule has 2 nitrogen and oxygen atoms in total. The number of ether oxygens (including phenoxy) is 1. The molecule has 0 N–H and O–H groups in total. The SMILES string of the molecule is CC(C)(Br)C(=O)OCC(F)(F)C(F)(F)C(F)(F)C(F)(F)C(F)(F)C(F)(F)C(F)(F)F. The van der Waals surface area contributed by atoms with Crippen molar-refractivity contribution in [3.63, 3.8) is 0 Å². The van der Waals surface area contributed by atoms with Crippen molar-refractivity contribution in [3.8, 4) is 0 Å². The lowest BCUT2D eigenvalue weighted by atomic mass is 9.91. The molecule has 0 aliphatic carbocycles. The molecule has 0 aliphatic rings. The molecule has 0 radical (unpaired) electrons. The summed E-state index contributed by atoms with van der Waals surface area (Å²) >= 11 is 2.44. The van der Waals surface area contributed by atoms with Gasteiger partial charge in [-0.3, -0.25) is 4.79 Å². The Labute approximate surface area is 164 Å². The Morgan fingerprint density at radius 2 is 0.933 bits per heavy atom. The van der Waals surface area contributed by atoms with Crippen molar-refractivity contribution >= 4 is 21.9 Å². The van der Waals surface area contributed by atoms with Crippen LogP contribution in [0, 0.1) is 0 Å². The van der Waals surface area contributed by atoms with Gasteiger partial charge >= 0.3 is 47.7 Å². The Balaban J connectivity index is 6.26. The second-order valence-electron chi connectivity index (χ2n) is 6.12. The molecule has 0 rings (SSSR count). The number of rotatable bonds is 8. The van der Waals surface area contributed by atoms with Crippen LogP contribution in [0.1, 0.15) is 13.8 Å². The summed E-state index contributed by atoms with van der Waals surface area (Å²) in [6.07, 6.45) is -7.66. The molecule has 18 heteroatoms. The molecular weight excluding hydrogens is 541 g/mol. The number of carbonyl (C=O) groups excluding carboxylic acids is 1. The molecular formula is C12H8BrF15O2. The zero-order valence-corrected chi connectivity index (χ0v) is 15.7. The van der Waals surface area contributed by atoms with E-state index in [4.69, 9.17) is 0 Å². The molecule has 0 spiro atoms. The smallest absolute Gasteiger partial charge is 0.458 e. The summed E-state index contributed by atoms with van der Waals surface area (Å²) in [6.45, 7) is -1.47. The molecule has 0 amide bonds. The second kappa shape index (κ2) is 7.50. The molecule has 0 saturated heterocycles. The highest BCUT2D eigenvalue weighted by atomic mass is 79.9. The molecule has 0 saturated carbocycles. The van der Waals surface area contributed by atoms with Gasteiger partial charge in [0.15, 0.2) is 6.61 Å². The lowest BCUT2D eigenvalue weighted by Crippen LogP contribution is -2.73. The van der Waals surface area contributed by atoms with Crippen LogP contribution in [0.4, 0.5) is 65.9 Å². The van der Waals surface area contributed by atoms with Crippen LogP contribution in [0.25, 0.3) is 0 Å². The number of halogens is 16. The van der Waals surface area contributed by atoms with Crippen LogP contribution in [-0.2, 0) is 9.53 Å². The average molecular weight is 549 g/mol. The van der Waals surface area contributed by atoms with E-state index in [2.05, 4.69) is 20.7 Å². The third-order valence-electron chi connectivity index (χ3n) is 3.26. The van der Waals surface area contributed by atoms with Crippen LogP contribution in [0.5, 0.6) is 0 Å². The van der Waals surface area contributed by atoms with Crippen LogP contribution in [0.3, 0.4) is 0 Å². The number of hydrogen-bond donors (Lipinski definition) is 0. The van der Waals surface area contributed by atoms with Gasteiger partial charge in [-0.1, -0.05) is 15.9 Å². The highest BCUT2D eigenvalue weighted by molar-refractivity contribution is 9.10. The van der Waals surface area contributed by atoms with E-state index in [0.717, 1.165) is 13.8 Å². The minimum Gasteiger partial charge on any atom is -0.458 e. The summed E-state index contributed by atoms with van der Waals surface area (Å²) in [6, 6.07) is 0. The minimum absolute atomic E-state index is 0.841. The standard InChI is InChI=1S/C12H8BrF15O2/c1-5(2,13)4(29)30-3-6(14,15)7(16,17)8(18,19)9(20,21)10(22,23)11(24,25)12(26,27)28/h3H2,1-2H3. The lowest BCUT2D eigenvalue weighted by Gasteiger charge is -2.41. The topological polar surface area (TPSA) is 26.3 Å². The quantitative estimate of drug-likeness (QED) is 0.209. The number of carbonyl (C=O) groups is 1. The molecule has 180 valence electrons. The molecule has 0 unspecified atom stereocenters. The van der Waals surface area contributed by atoms with Gasteiger partial charge in [-0.2, -0.15) is 65.9 Å². The highest BCUT2D eigenvalue weighted by Crippen LogP contribution is 2.62. The Morgan fingerprint density at radius 1 is 0.633 bits per heavy atom. The monoisotopic (exact) mass is 548 g/mol. The number of hydrogen-bond acceptors (Lipinski definition) is 2. The Hall–Kier alpha value is -1.10. The summed E-state index contributed by atoms with van der Waals surface area (Å²) < 4.78 is 195. The molecule has 0 bridgehead atoms. The van der Waals surface area contributed by atoms with Crippen LogP contribution in [0.2, 0.25) is 0 Å². The summed E-state index contributed by atoms with van der Waals surface area (Å²) in [5, 5.41) is 0. The van der Waals surface area contributed by atoms with Crippen molar-refractivity contribution in [2.45, 2.75) is 59.9 Å². The van der Waals surface area contributed by atoms with Crippen molar-refractivity contribution in [3.05, 3.63) is 0 Å². The first-order valence-corrected chi connectivity index (χ1v) is 7.62. The maximum absolute atomic E-state index is 13.4. The fourth-order valence-corrected chi connectivity index (χ4v) is 1.53. The van der Waals surface area contributed by atoms with Crippen molar-refractivity contribution in [2.24, 2.45) is 0 Å². The molecule has 0 aromatic heterocycles. The van der Waals surface area contributed by atoms with Crippen LogP contribution < -0.4 is 0 Å². The van der Waals surface area contributed by atoms with E-state index in [9.17, 15) is 70.7 Å². The van der Waals surface area contributed by atoms with Gasteiger partial charge in [0, 0.05) is 0 Å². The maximum atomic E-state index is 13.4. The highest BCUT2D eigenvalue weighted by Gasteiger charge is 2.93. The summed E-state index contributed by atoms with van der Waals surface area (Å²) in [4.78, 5) is 11.2. The van der Waals surface area contributed by atoms with Gasteiger partial charge in [0.25, 0.3) is 0 Å². The zero-order valence-electron chi connectivity index (χ0n) is 14.1. The van der Waals surface area contributed by atoms with Crippen molar-refractivity contribution in [1.82, 2.24) is 0 Å².